The molecule has 17 heavy (non-hydrogen) atoms. The minimum absolute atomic E-state index is 0.102. The minimum Gasteiger partial charge on any atom is -0.396 e. The van der Waals surface area contributed by atoms with Gasteiger partial charge in [0, 0.05) is 32.5 Å². The van der Waals surface area contributed by atoms with Crippen LogP contribution in [0.4, 0.5) is 0 Å². The summed E-state index contributed by atoms with van der Waals surface area (Å²) in [6.45, 7) is 0.864. The number of hydrogen-bond acceptors (Lipinski definition) is 3. The molecule has 0 aliphatic rings. The van der Waals surface area contributed by atoms with Crippen molar-refractivity contribution in [3.63, 3.8) is 0 Å². The molecule has 1 rings (SSSR count). The molecule has 0 saturated heterocycles. The second-order valence-electron chi connectivity index (χ2n) is 3.79. The van der Waals surface area contributed by atoms with Gasteiger partial charge in [-0.3, -0.25) is 9.48 Å². The lowest BCUT2D eigenvalue weighted by Gasteiger charge is -2.01. The first-order valence-electron chi connectivity index (χ1n) is 5.79. The van der Waals surface area contributed by atoms with Gasteiger partial charge in [0.25, 0.3) is 0 Å². The van der Waals surface area contributed by atoms with Crippen LogP contribution in [-0.4, -0.2) is 33.9 Å². The van der Waals surface area contributed by atoms with Crippen molar-refractivity contribution in [1.82, 2.24) is 15.1 Å². The molecule has 94 valence electrons. The first kappa shape index (κ1) is 13.4. The van der Waals surface area contributed by atoms with Crippen LogP contribution in [0.1, 0.15) is 25.0 Å². The van der Waals surface area contributed by atoms with Crippen LogP contribution >= 0.6 is 0 Å². The van der Waals surface area contributed by atoms with E-state index in [0.717, 1.165) is 25.0 Å². The average Bonchev–Trinajstić information content (AvgIpc) is 2.72. The van der Waals surface area contributed by atoms with Crippen LogP contribution in [0, 0.1) is 0 Å². The molecule has 0 aliphatic carbocycles. The number of aliphatic hydroxyl groups is 1. The van der Waals surface area contributed by atoms with E-state index in [2.05, 4.69) is 10.4 Å². The monoisotopic (exact) mass is 237 g/mol. The Morgan fingerprint density at radius 3 is 3.00 bits per heavy atom. The summed E-state index contributed by atoms with van der Waals surface area (Å²) in [5.41, 5.74) is 0.889. The number of amides is 1. The van der Waals surface area contributed by atoms with Crippen LogP contribution in [0.2, 0.25) is 0 Å². The predicted molar refractivity (Wildman–Crippen MR) is 66.2 cm³/mol. The molecule has 2 N–H and O–H groups in total. The molecule has 0 bridgehead atoms. The number of aliphatic hydroxyl groups excluding tert-OH is 1. The molecule has 1 aromatic rings. The highest BCUT2D eigenvalue weighted by Gasteiger charge is 1.96. The molecular weight excluding hydrogens is 218 g/mol. The zero-order chi connectivity index (χ0) is 12.5. The lowest BCUT2D eigenvalue weighted by atomic mass is 10.2. The van der Waals surface area contributed by atoms with E-state index in [1.165, 1.54) is 6.08 Å². The summed E-state index contributed by atoms with van der Waals surface area (Å²) in [5, 5.41) is 15.4. The lowest BCUT2D eigenvalue weighted by Crippen LogP contribution is -2.22. The van der Waals surface area contributed by atoms with E-state index in [4.69, 9.17) is 5.11 Å². The highest BCUT2D eigenvalue weighted by molar-refractivity contribution is 5.91. The van der Waals surface area contributed by atoms with Crippen LogP contribution in [-0.2, 0) is 11.8 Å². The molecule has 0 fully saturated rings. The number of carbonyl (C=O) groups is 1. The Bertz CT molecular complexity index is 372. The van der Waals surface area contributed by atoms with Crippen LogP contribution in [0.15, 0.2) is 18.3 Å². The largest absolute Gasteiger partial charge is 0.396 e. The number of hydrogen-bond donors (Lipinski definition) is 2. The van der Waals surface area contributed by atoms with Crippen LogP contribution in [0.5, 0.6) is 0 Å². The van der Waals surface area contributed by atoms with Gasteiger partial charge < -0.3 is 10.4 Å². The van der Waals surface area contributed by atoms with Crippen molar-refractivity contribution in [3.05, 3.63) is 24.0 Å². The molecule has 0 radical (unpaired) electrons. The van der Waals surface area contributed by atoms with E-state index in [-0.39, 0.29) is 12.5 Å². The second kappa shape index (κ2) is 7.62. The summed E-state index contributed by atoms with van der Waals surface area (Å²) in [6.07, 6.45) is 7.54. The summed E-state index contributed by atoms with van der Waals surface area (Å²) < 4.78 is 1.70. The number of aromatic nitrogens is 2. The Labute approximate surface area is 101 Å². The quantitative estimate of drug-likeness (QED) is 0.542. The van der Waals surface area contributed by atoms with Crippen molar-refractivity contribution < 1.29 is 9.90 Å². The van der Waals surface area contributed by atoms with Crippen molar-refractivity contribution in [1.29, 1.82) is 0 Å². The lowest BCUT2D eigenvalue weighted by molar-refractivity contribution is -0.116. The van der Waals surface area contributed by atoms with Gasteiger partial charge in [0.2, 0.25) is 5.91 Å². The molecule has 1 aromatic heterocycles. The fourth-order valence-electron chi connectivity index (χ4n) is 1.39. The summed E-state index contributed by atoms with van der Waals surface area (Å²) in [4.78, 5) is 11.4. The van der Waals surface area contributed by atoms with E-state index >= 15 is 0 Å². The summed E-state index contributed by atoms with van der Waals surface area (Å²) in [5.74, 6) is -0.102. The Hall–Kier alpha value is -1.62. The summed E-state index contributed by atoms with van der Waals surface area (Å²) >= 11 is 0. The topological polar surface area (TPSA) is 67.2 Å². The predicted octanol–water partition coefficient (Wildman–Crippen LogP) is 0.712. The number of carbonyl (C=O) groups excluding carboxylic acids is 1. The van der Waals surface area contributed by atoms with Gasteiger partial charge in [-0.15, -0.1) is 0 Å². The SMILES string of the molecule is Cn1nccc1/C=C/C(=O)NCCCCCO. The fourth-order valence-corrected chi connectivity index (χ4v) is 1.39. The first-order chi connectivity index (χ1) is 8.24. The molecule has 5 heteroatoms. The van der Waals surface area contributed by atoms with E-state index < -0.39 is 0 Å². The molecule has 0 aliphatic heterocycles. The average molecular weight is 237 g/mol. The van der Waals surface area contributed by atoms with Crippen LogP contribution < -0.4 is 5.32 Å². The van der Waals surface area contributed by atoms with Gasteiger partial charge in [-0.25, -0.2) is 0 Å². The van der Waals surface area contributed by atoms with Crippen molar-refractivity contribution in [2.24, 2.45) is 7.05 Å². The zero-order valence-electron chi connectivity index (χ0n) is 10.1. The van der Waals surface area contributed by atoms with Crippen molar-refractivity contribution in [2.45, 2.75) is 19.3 Å². The standard InChI is InChI=1S/C12H19N3O2/c1-15-11(7-9-14-15)5-6-12(17)13-8-3-2-4-10-16/h5-7,9,16H,2-4,8,10H2,1H3,(H,13,17)/b6-5+. The third kappa shape index (κ3) is 5.31. The number of nitrogens with one attached hydrogen (secondary N) is 1. The molecule has 0 spiro atoms. The molecule has 1 heterocycles. The minimum atomic E-state index is -0.102. The normalized spacial score (nSPS) is 10.9. The summed E-state index contributed by atoms with van der Waals surface area (Å²) in [7, 11) is 1.83. The molecule has 0 unspecified atom stereocenters. The van der Waals surface area contributed by atoms with E-state index in [1.807, 2.05) is 13.1 Å². The first-order valence-corrected chi connectivity index (χ1v) is 5.79. The highest BCUT2D eigenvalue weighted by Crippen LogP contribution is 1.98. The third-order valence-corrected chi connectivity index (χ3v) is 2.40. The van der Waals surface area contributed by atoms with Gasteiger partial charge in [0.05, 0.1) is 5.69 Å². The number of aryl methyl sites for hydroxylation is 1. The van der Waals surface area contributed by atoms with Gasteiger partial charge in [-0.05, 0) is 31.4 Å². The van der Waals surface area contributed by atoms with E-state index in [0.29, 0.717) is 6.54 Å². The second-order valence-corrected chi connectivity index (χ2v) is 3.79. The maximum Gasteiger partial charge on any atom is 0.244 e. The maximum atomic E-state index is 11.4. The van der Waals surface area contributed by atoms with Gasteiger partial charge in [0.1, 0.15) is 0 Å². The summed E-state index contributed by atoms with van der Waals surface area (Å²) in [6, 6.07) is 1.84. The third-order valence-electron chi connectivity index (χ3n) is 2.40. The fraction of sp³-hybridized carbons (Fsp3) is 0.500. The van der Waals surface area contributed by atoms with Crippen molar-refractivity contribution >= 4 is 12.0 Å². The van der Waals surface area contributed by atoms with Crippen molar-refractivity contribution in [3.8, 4) is 0 Å². The Kier molecular flexibility index (Phi) is 6.03. The molecule has 0 saturated carbocycles. The molecule has 5 nitrogen and oxygen atoms in total. The Morgan fingerprint density at radius 1 is 1.53 bits per heavy atom. The Balaban J connectivity index is 2.21. The molecule has 0 aromatic carbocycles. The van der Waals surface area contributed by atoms with E-state index in [9.17, 15) is 4.79 Å². The van der Waals surface area contributed by atoms with E-state index in [1.54, 1.807) is 17.0 Å². The molecular formula is C12H19N3O2. The number of rotatable bonds is 7. The Morgan fingerprint density at radius 2 is 2.35 bits per heavy atom. The van der Waals surface area contributed by atoms with Gasteiger partial charge in [-0.1, -0.05) is 0 Å². The van der Waals surface area contributed by atoms with Crippen molar-refractivity contribution in [2.75, 3.05) is 13.2 Å². The van der Waals surface area contributed by atoms with Gasteiger partial charge in [0.15, 0.2) is 0 Å². The maximum absolute atomic E-state index is 11.4. The highest BCUT2D eigenvalue weighted by atomic mass is 16.2. The van der Waals surface area contributed by atoms with Gasteiger partial charge >= 0.3 is 0 Å². The number of unbranched alkanes of at least 4 members (excludes halogenated alkanes) is 2. The smallest absolute Gasteiger partial charge is 0.244 e. The zero-order valence-corrected chi connectivity index (χ0v) is 10.1. The molecule has 1 amide bonds. The number of nitrogens with zero attached hydrogens (tertiary/aromatic N) is 2. The van der Waals surface area contributed by atoms with Gasteiger partial charge in [-0.2, -0.15) is 5.10 Å². The van der Waals surface area contributed by atoms with Crippen LogP contribution in [0.3, 0.4) is 0 Å². The van der Waals surface area contributed by atoms with Crippen LogP contribution in [0.25, 0.3) is 6.08 Å². The molecule has 0 atom stereocenters.